The molecule has 0 aliphatic heterocycles. The van der Waals surface area contributed by atoms with Crippen LogP contribution < -0.4 is 15.7 Å². The van der Waals surface area contributed by atoms with E-state index in [-0.39, 0.29) is 0 Å². The fourth-order valence-electron chi connectivity index (χ4n) is 5.44. The Labute approximate surface area is 225 Å². The molecule has 4 rings (SSSR count). The second-order valence-corrected chi connectivity index (χ2v) is 15.9. The summed E-state index contributed by atoms with van der Waals surface area (Å²) in [6, 6.07) is 16.9. The van der Waals surface area contributed by atoms with Crippen molar-refractivity contribution in [1.29, 1.82) is 0 Å². The molecule has 0 aliphatic carbocycles. The van der Waals surface area contributed by atoms with E-state index in [9.17, 15) is 4.79 Å². The van der Waals surface area contributed by atoms with Crippen molar-refractivity contribution >= 4 is 30.7 Å². The minimum absolute atomic E-state index is 0.339. The van der Waals surface area contributed by atoms with Crippen molar-refractivity contribution in [3.05, 3.63) is 77.0 Å². The lowest BCUT2D eigenvalue weighted by Crippen LogP contribution is -2.43. The number of anilines is 2. The third-order valence-electron chi connectivity index (χ3n) is 7.27. The van der Waals surface area contributed by atoms with Gasteiger partial charge in [-0.2, -0.15) is 9.97 Å². The second kappa shape index (κ2) is 11.2. The zero-order valence-corrected chi connectivity index (χ0v) is 24.1. The van der Waals surface area contributed by atoms with Gasteiger partial charge in [0.05, 0.1) is 23.9 Å². The Bertz CT molecular complexity index is 1530. The Balaban J connectivity index is 1.95. The number of aromatic nitrogens is 4. The summed E-state index contributed by atoms with van der Waals surface area (Å²) in [5.74, 6) is 4.35. The first-order valence-electron chi connectivity index (χ1n) is 13.0. The van der Waals surface area contributed by atoms with E-state index in [1.54, 1.807) is 13.3 Å². The number of hydrogen-bond acceptors (Lipinski definition) is 6. The number of methoxy groups -OCH3 is 1. The molecule has 0 fully saturated rings. The maximum absolute atomic E-state index is 13.4. The zero-order chi connectivity index (χ0) is 27.4. The summed E-state index contributed by atoms with van der Waals surface area (Å²) in [5, 5.41) is 3.85. The Morgan fingerprint density at radius 1 is 0.895 bits per heavy atom. The molecule has 8 heteroatoms. The SMILES string of the molecule is COc1ccccc1Nc1ncc2c(C#C[Si](C(C)C)(C(C)C)C(C)C)nc(=O)n(-c3ccccc3)c2n1. The number of hydrogen-bond donors (Lipinski definition) is 1. The molecular formula is C30H35N5O2Si. The number of nitrogens with zero attached hydrogens (tertiary/aromatic N) is 4. The van der Waals surface area contributed by atoms with Crippen LogP contribution in [0.4, 0.5) is 11.6 Å². The molecule has 0 aliphatic rings. The summed E-state index contributed by atoms with van der Waals surface area (Å²) < 4.78 is 6.97. The normalized spacial score (nSPS) is 11.6. The highest BCUT2D eigenvalue weighted by Gasteiger charge is 2.41. The van der Waals surface area contributed by atoms with Crippen LogP contribution in [0.1, 0.15) is 47.2 Å². The van der Waals surface area contributed by atoms with E-state index in [1.165, 1.54) is 4.57 Å². The number of fused-ring (bicyclic) bond motifs is 1. The molecule has 0 radical (unpaired) electrons. The van der Waals surface area contributed by atoms with Crippen LogP contribution in [0.2, 0.25) is 16.6 Å². The van der Waals surface area contributed by atoms with Gasteiger partial charge < -0.3 is 10.1 Å². The number of benzene rings is 2. The maximum atomic E-state index is 13.4. The van der Waals surface area contributed by atoms with Crippen LogP contribution >= 0.6 is 0 Å². The molecule has 0 saturated heterocycles. The first kappa shape index (κ1) is 27.1. The molecule has 2 aromatic carbocycles. The van der Waals surface area contributed by atoms with Gasteiger partial charge in [-0.05, 0) is 40.9 Å². The molecule has 2 heterocycles. The summed E-state index contributed by atoms with van der Waals surface area (Å²) in [7, 11) is -0.431. The van der Waals surface area contributed by atoms with Gasteiger partial charge in [0.25, 0.3) is 0 Å². The lowest BCUT2D eigenvalue weighted by Gasteiger charge is -2.38. The highest BCUT2D eigenvalue weighted by atomic mass is 28.3. The van der Waals surface area contributed by atoms with Crippen molar-refractivity contribution in [1.82, 2.24) is 19.5 Å². The van der Waals surface area contributed by atoms with E-state index >= 15 is 0 Å². The quantitative estimate of drug-likeness (QED) is 0.219. The monoisotopic (exact) mass is 525 g/mol. The standard InChI is InChI=1S/C30H35N5O2Si/c1-20(2)38(21(3)4,22(5)6)18-17-25-24-19-31-29(32-26-15-11-12-16-27(26)37-7)34-28(24)35(30(36)33-25)23-13-9-8-10-14-23/h8-16,19-22H,1-7H3,(H,31,32,34). The van der Waals surface area contributed by atoms with Crippen molar-refractivity contribution in [2.24, 2.45) is 0 Å². The highest BCUT2D eigenvalue weighted by molar-refractivity contribution is 6.90. The molecule has 196 valence electrons. The summed E-state index contributed by atoms with van der Waals surface area (Å²) in [4.78, 5) is 27.2. The Kier molecular flexibility index (Phi) is 7.98. The largest absolute Gasteiger partial charge is 0.495 e. The van der Waals surface area contributed by atoms with Crippen molar-refractivity contribution in [3.63, 3.8) is 0 Å². The Morgan fingerprint density at radius 2 is 1.53 bits per heavy atom. The average Bonchev–Trinajstić information content (AvgIpc) is 2.89. The van der Waals surface area contributed by atoms with Crippen molar-refractivity contribution < 1.29 is 4.74 Å². The van der Waals surface area contributed by atoms with Crippen LogP contribution in [-0.4, -0.2) is 34.7 Å². The number of nitrogens with one attached hydrogen (secondary N) is 1. The zero-order valence-electron chi connectivity index (χ0n) is 23.1. The van der Waals surface area contributed by atoms with E-state index < -0.39 is 13.8 Å². The molecule has 0 unspecified atom stereocenters. The molecule has 0 spiro atoms. The maximum Gasteiger partial charge on any atom is 0.355 e. The average molecular weight is 526 g/mol. The third-order valence-corrected chi connectivity index (χ3v) is 13.6. The first-order valence-corrected chi connectivity index (χ1v) is 15.2. The van der Waals surface area contributed by atoms with Crippen molar-refractivity contribution in [2.45, 2.75) is 58.2 Å². The fourth-order valence-corrected chi connectivity index (χ4v) is 10.6. The fraction of sp³-hybridized carbons (Fsp3) is 0.333. The smallest absolute Gasteiger partial charge is 0.355 e. The molecule has 2 aromatic heterocycles. The highest BCUT2D eigenvalue weighted by Crippen LogP contribution is 2.40. The molecule has 1 N–H and O–H groups in total. The number of para-hydroxylation sites is 3. The van der Waals surface area contributed by atoms with E-state index in [4.69, 9.17) is 9.72 Å². The molecule has 0 amide bonds. The molecule has 4 aromatic rings. The van der Waals surface area contributed by atoms with E-state index in [0.717, 1.165) is 5.69 Å². The van der Waals surface area contributed by atoms with Gasteiger partial charge in [-0.1, -0.05) is 77.8 Å². The van der Waals surface area contributed by atoms with Gasteiger partial charge >= 0.3 is 5.69 Å². The lowest BCUT2D eigenvalue weighted by molar-refractivity contribution is 0.417. The van der Waals surface area contributed by atoms with Crippen LogP contribution in [0, 0.1) is 11.5 Å². The van der Waals surface area contributed by atoms with Gasteiger partial charge in [0.2, 0.25) is 5.95 Å². The summed E-state index contributed by atoms with van der Waals surface area (Å²) in [6.07, 6.45) is 1.69. The van der Waals surface area contributed by atoms with Crippen LogP contribution in [0.3, 0.4) is 0 Å². The summed E-state index contributed by atoms with van der Waals surface area (Å²) in [5.41, 5.74) is 6.88. The second-order valence-electron chi connectivity index (χ2n) is 10.3. The van der Waals surface area contributed by atoms with Gasteiger partial charge in [-0.15, -0.1) is 5.54 Å². The molecular weight excluding hydrogens is 490 g/mol. The molecule has 38 heavy (non-hydrogen) atoms. The van der Waals surface area contributed by atoms with Crippen LogP contribution in [0.25, 0.3) is 16.7 Å². The minimum Gasteiger partial charge on any atom is -0.495 e. The first-order chi connectivity index (χ1) is 18.2. The number of rotatable bonds is 7. The molecule has 7 nitrogen and oxygen atoms in total. The topological polar surface area (TPSA) is 81.9 Å². The van der Waals surface area contributed by atoms with E-state index in [2.05, 4.69) is 68.3 Å². The van der Waals surface area contributed by atoms with Crippen molar-refractivity contribution in [2.75, 3.05) is 12.4 Å². The van der Waals surface area contributed by atoms with Gasteiger partial charge in [-0.25, -0.2) is 14.3 Å². The van der Waals surface area contributed by atoms with Gasteiger partial charge in [0.15, 0.2) is 5.65 Å². The lowest BCUT2D eigenvalue weighted by atomic mass is 10.2. The van der Waals surface area contributed by atoms with Crippen LogP contribution in [0.5, 0.6) is 5.75 Å². The predicted octanol–water partition coefficient (Wildman–Crippen LogP) is 6.50. The molecule has 0 bridgehead atoms. The summed E-state index contributed by atoms with van der Waals surface area (Å²) >= 11 is 0. The van der Waals surface area contributed by atoms with E-state index in [1.807, 2.05) is 54.6 Å². The van der Waals surface area contributed by atoms with Gasteiger partial charge in [0.1, 0.15) is 19.5 Å². The third kappa shape index (κ3) is 5.07. The Hall–Kier alpha value is -3.96. The number of ether oxygens (including phenoxy) is 1. The van der Waals surface area contributed by atoms with Crippen molar-refractivity contribution in [3.8, 4) is 22.9 Å². The summed E-state index contributed by atoms with van der Waals surface area (Å²) in [6.45, 7) is 13.6. The van der Waals surface area contributed by atoms with E-state index in [0.29, 0.717) is 50.7 Å². The van der Waals surface area contributed by atoms with Gasteiger partial charge in [0, 0.05) is 6.20 Å². The van der Waals surface area contributed by atoms with Crippen LogP contribution in [-0.2, 0) is 0 Å². The Morgan fingerprint density at radius 3 is 2.16 bits per heavy atom. The van der Waals surface area contributed by atoms with Gasteiger partial charge in [-0.3, -0.25) is 0 Å². The van der Waals surface area contributed by atoms with Crippen LogP contribution in [0.15, 0.2) is 65.6 Å². The predicted molar refractivity (Wildman–Crippen MR) is 157 cm³/mol. The minimum atomic E-state index is -2.04. The molecule has 0 atom stereocenters. The molecule has 0 saturated carbocycles.